The molecule has 28 heavy (non-hydrogen) atoms. The van der Waals surface area contributed by atoms with Gasteiger partial charge in [0.2, 0.25) is 5.91 Å². The molecular weight excluding hydrogens is 376 g/mol. The number of ether oxygens (including phenoxy) is 1. The van der Waals surface area contributed by atoms with E-state index in [4.69, 9.17) is 16.3 Å². The number of rotatable bonds is 4. The van der Waals surface area contributed by atoms with Crippen molar-refractivity contribution in [3.63, 3.8) is 0 Å². The summed E-state index contributed by atoms with van der Waals surface area (Å²) in [5, 5.41) is 0.685. The number of hydrogen-bond acceptors (Lipinski definition) is 5. The van der Waals surface area contributed by atoms with Crippen LogP contribution >= 0.6 is 11.6 Å². The molecule has 2 atom stereocenters. The number of halogens is 1. The minimum Gasteiger partial charge on any atom is -0.497 e. The first-order chi connectivity index (χ1) is 13.7. The van der Waals surface area contributed by atoms with Gasteiger partial charge in [-0.1, -0.05) is 29.8 Å². The van der Waals surface area contributed by atoms with Crippen molar-refractivity contribution in [2.45, 2.75) is 6.04 Å². The fraction of sp³-hybridized carbons (Fsp3) is 0.381. The van der Waals surface area contributed by atoms with Gasteiger partial charge in [0.25, 0.3) is 0 Å². The highest BCUT2D eigenvalue weighted by atomic mass is 35.5. The molecule has 6 nitrogen and oxygen atoms in total. The number of piperazine rings is 1. The Morgan fingerprint density at radius 3 is 2.64 bits per heavy atom. The highest BCUT2D eigenvalue weighted by Gasteiger charge is 2.37. The number of nitrogens with one attached hydrogen (secondary N) is 2. The van der Waals surface area contributed by atoms with Crippen molar-refractivity contribution in [3.8, 4) is 5.75 Å². The van der Waals surface area contributed by atoms with Crippen LogP contribution in [0.25, 0.3) is 0 Å². The molecule has 2 aromatic rings. The van der Waals surface area contributed by atoms with Crippen molar-refractivity contribution in [2.75, 3.05) is 44.7 Å². The number of nitrogens with zero attached hydrogens (tertiary/aromatic N) is 2. The van der Waals surface area contributed by atoms with Crippen LogP contribution in [0.5, 0.6) is 5.75 Å². The van der Waals surface area contributed by atoms with E-state index in [1.807, 2.05) is 47.4 Å². The predicted molar refractivity (Wildman–Crippen MR) is 111 cm³/mol. The molecule has 2 saturated heterocycles. The molecule has 0 aliphatic carbocycles. The van der Waals surface area contributed by atoms with Gasteiger partial charge >= 0.3 is 0 Å². The topological polar surface area (TPSA) is 56.8 Å². The summed E-state index contributed by atoms with van der Waals surface area (Å²) in [6, 6.07) is 15.7. The van der Waals surface area contributed by atoms with Gasteiger partial charge in [-0.25, -0.2) is 5.43 Å². The van der Waals surface area contributed by atoms with Crippen LogP contribution < -0.4 is 20.5 Å². The first-order valence-electron chi connectivity index (χ1n) is 9.57. The average Bonchev–Trinajstić information content (AvgIpc) is 3.23. The molecule has 2 N–H and O–H groups in total. The lowest BCUT2D eigenvalue weighted by Crippen LogP contribution is -2.51. The third-order valence-corrected chi connectivity index (χ3v) is 5.75. The first-order valence-corrected chi connectivity index (χ1v) is 9.95. The Hall–Kier alpha value is -2.28. The molecule has 2 fully saturated rings. The van der Waals surface area contributed by atoms with Gasteiger partial charge in [-0.3, -0.25) is 10.2 Å². The molecule has 2 heterocycles. The summed E-state index contributed by atoms with van der Waals surface area (Å²) in [5.74, 6) is 0.901. The molecule has 0 saturated carbocycles. The van der Waals surface area contributed by atoms with Crippen molar-refractivity contribution >= 4 is 23.2 Å². The zero-order valence-electron chi connectivity index (χ0n) is 15.9. The van der Waals surface area contributed by atoms with Crippen molar-refractivity contribution in [1.82, 2.24) is 15.8 Å². The van der Waals surface area contributed by atoms with Crippen molar-refractivity contribution in [2.24, 2.45) is 5.92 Å². The van der Waals surface area contributed by atoms with E-state index in [1.165, 1.54) is 0 Å². The molecule has 0 aromatic heterocycles. The second-order valence-corrected chi connectivity index (χ2v) is 7.61. The van der Waals surface area contributed by atoms with Crippen molar-refractivity contribution in [1.29, 1.82) is 0 Å². The maximum Gasteiger partial charge on any atom is 0.229 e. The Balaban J connectivity index is 1.40. The number of methoxy groups -OCH3 is 1. The fourth-order valence-electron chi connectivity index (χ4n) is 3.97. The predicted octanol–water partition coefficient (Wildman–Crippen LogP) is 2.46. The minimum absolute atomic E-state index is 0.0670. The highest BCUT2D eigenvalue weighted by molar-refractivity contribution is 6.30. The van der Waals surface area contributed by atoms with Crippen LogP contribution in [0.2, 0.25) is 5.02 Å². The van der Waals surface area contributed by atoms with Gasteiger partial charge in [0, 0.05) is 49.5 Å². The van der Waals surface area contributed by atoms with Crippen LogP contribution in [0.3, 0.4) is 0 Å². The van der Waals surface area contributed by atoms with Gasteiger partial charge in [-0.05, 0) is 29.8 Å². The van der Waals surface area contributed by atoms with Gasteiger partial charge in [0.1, 0.15) is 5.75 Å². The Morgan fingerprint density at radius 1 is 1.11 bits per heavy atom. The van der Waals surface area contributed by atoms with Gasteiger partial charge in [0.05, 0.1) is 19.1 Å². The Kier molecular flexibility index (Phi) is 5.71. The van der Waals surface area contributed by atoms with E-state index < -0.39 is 0 Å². The van der Waals surface area contributed by atoms with Gasteiger partial charge < -0.3 is 14.5 Å². The first kappa shape index (κ1) is 19.1. The third-order valence-electron chi connectivity index (χ3n) is 5.52. The normalized spacial score (nSPS) is 22.4. The zero-order valence-corrected chi connectivity index (χ0v) is 16.7. The highest BCUT2D eigenvalue weighted by Crippen LogP contribution is 2.29. The smallest absolute Gasteiger partial charge is 0.229 e. The summed E-state index contributed by atoms with van der Waals surface area (Å²) in [6.07, 6.45) is 0. The van der Waals surface area contributed by atoms with E-state index in [0.29, 0.717) is 11.6 Å². The number of carbonyl (C=O) groups excluding carboxylic acids is 1. The SMILES string of the molecule is COc1cccc(N2CCN(C(=O)C3CNNC3c3cccc(Cl)c3)CC2)c1. The Bertz CT molecular complexity index is 839. The van der Waals surface area contributed by atoms with E-state index in [1.54, 1.807) is 7.11 Å². The molecule has 0 bridgehead atoms. The van der Waals surface area contributed by atoms with Crippen LogP contribution in [0.1, 0.15) is 11.6 Å². The summed E-state index contributed by atoms with van der Waals surface area (Å²) >= 11 is 6.14. The molecular formula is C21H25ClN4O2. The maximum atomic E-state index is 13.2. The summed E-state index contributed by atoms with van der Waals surface area (Å²) in [6.45, 7) is 3.68. The van der Waals surface area contributed by atoms with Gasteiger partial charge in [-0.15, -0.1) is 0 Å². The molecule has 1 amide bonds. The molecule has 0 radical (unpaired) electrons. The minimum atomic E-state index is -0.137. The summed E-state index contributed by atoms with van der Waals surface area (Å²) in [5.41, 5.74) is 8.54. The van der Waals surface area contributed by atoms with E-state index in [-0.39, 0.29) is 17.9 Å². The number of benzene rings is 2. The summed E-state index contributed by atoms with van der Waals surface area (Å²) in [4.78, 5) is 17.5. The maximum absolute atomic E-state index is 13.2. The molecule has 2 unspecified atom stereocenters. The van der Waals surface area contributed by atoms with Gasteiger partial charge in [0.15, 0.2) is 0 Å². The molecule has 7 heteroatoms. The lowest BCUT2D eigenvalue weighted by molar-refractivity contribution is -0.135. The quantitative estimate of drug-likeness (QED) is 0.825. The standard InChI is InChI=1S/C21H25ClN4O2/c1-28-18-7-3-6-17(13-18)25-8-10-26(11-9-25)21(27)19-14-23-24-20(19)15-4-2-5-16(22)12-15/h2-7,12-13,19-20,23-24H,8-11,14H2,1H3. The van der Waals surface area contributed by atoms with Crippen molar-refractivity contribution in [3.05, 3.63) is 59.1 Å². The van der Waals surface area contributed by atoms with Crippen LogP contribution in [-0.2, 0) is 4.79 Å². The van der Waals surface area contributed by atoms with E-state index >= 15 is 0 Å². The molecule has 148 valence electrons. The van der Waals surface area contributed by atoms with Crippen LogP contribution in [-0.4, -0.2) is 50.6 Å². The van der Waals surface area contributed by atoms with Crippen LogP contribution in [0.15, 0.2) is 48.5 Å². The van der Waals surface area contributed by atoms with Crippen molar-refractivity contribution < 1.29 is 9.53 Å². The summed E-state index contributed by atoms with van der Waals surface area (Å²) in [7, 11) is 1.68. The molecule has 2 aliphatic rings. The Morgan fingerprint density at radius 2 is 1.89 bits per heavy atom. The van der Waals surface area contributed by atoms with Crippen LogP contribution in [0.4, 0.5) is 5.69 Å². The number of carbonyl (C=O) groups is 1. The lowest BCUT2D eigenvalue weighted by Gasteiger charge is -2.37. The second-order valence-electron chi connectivity index (χ2n) is 7.18. The zero-order chi connectivity index (χ0) is 19.5. The number of amides is 1. The molecule has 0 spiro atoms. The Labute approximate surface area is 170 Å². The monoisotopic (exact) mass is 400 g/mol. The molecule has 2 aromatic carbocycles. The van der Waals surface area contributed by atoms with Crippen LogP contribution in [0, 0.1) is 5.92 Å². The van der Waals surface area contributed by atoms with E-state index in [9.17, 15) is 4.79 Å². The third kappa shape index (κ3) is 3.94. The average molecular weight is 401 g/mol. The second kappa shape index (κ2) is 8.39. The van der Waals surface area contributed by atoms with Gasteiger partial charge in [-0.2, -0.15) is 0 Å². The fourth-order valence-corrected chi connectivity index (χ4v) is 4.17. The molecule has 2 aliphatic heterocycles. The lowest BCUT2D eigenvalue weighted by atomic mass is 9.93. The number of hydrazine groups is 1. The van der Waals surface area contributed by atoms with E-state index in [0.717, 1.165) is 43.2 Å². The van der Waals surface area contributed by atoms with E-state index in [2.05, 4.69) is 21.8 Å². The number of anilines is 1. The molecule has 4 rings (SSSR count). The number of hydrogen-bond donors (Lipinski definition) is 2. The summed E-state index contributed by atoms with van der Waals surface area (Å²) < 4.78 is 5.32. The largest absolute Gasteiger partial charge is 0.497 e.